The highest BCUT2D eigenvalue weighted by Crippen LogP contribution is 2.27. The maximum absolute atomic E-state index is 12.7. The number of carbonyl (C=O) groups is 1. The second kappa shape index (κ2) is 8.31. The molecule has 0 radical (unpaired) electrons. The summed E-state index contributed by atoms with van der Waals surface area (Å²) in [6.07, 6.45) is 4.03. The van der Waals surface area contributed by atoms with Crippen LogP contribution in [0.4, 0.5) is 0 Å². The molecule has 3 heterocycles. The minimum absolute atomic E-state index is 0.195. The molecule has 1 fully saturated rings. The van der Waals surface area contributed by atoms with Gasteiger partial charge in [-0.15, -0.1) is 22.0 Å². The van der Waals surface area contributed by atoms with Crippen LogP contribution in [0.1, 0.15) is 30.1 Å². The van der Waals surface area contributed by atoms with Crippen LogP contribution in [0.2, 0.25) is 5.02 Å². The van der Waals surface area contributed by atoms with Gasteiger partial charge >= 0.3 is 0 Å². The lowest BCUT2D eigenvalue weighted by atomic mass is 9.97. The second-order valence-corrected chi connectivity index (χ2v) is 8.21. The highest BCUT2D eigenvalue weighted by molar-refractivity contribution is 7.99. The van der Waals surface area contributed by atoms with Crippen LogP contribution in [0.15, 0.2) is 48.7 Å². The molecule has 1 atom stereocenters. The number of benzene rings is 1. The first-order valence-electron chi connectivity index (χ1n) is 9.10. The van der Waals surface area contributed by atoms with Gasteiger partial charge < -0.3 is 4.90 Å². The van der Waals surface area contributed by atoms with Gasteiger partial charge in [0.25, 0.3) is 0 Å². The number of carbonyl (C=O) groups excluding carboxylic acids is 1. The van der Waals surface area contributed by atoms with Crippen molar-refractivity contribution in [2.24, 2.45) is 0 Å². The largest absolute Gasteiger partial charge is 0.341 e. The number of rotatable bonds is 5. The Hall–Kier alpha value is -2.05. The summed E-state index contributed by atoms with van der Waals surface area (Å²) in [6, 6.07) is 13.7. The minimum atomic E-state index is 0.195. The highest BCUT2D eigenvalue weighted by Gasteiger charge is 2.27. The molecule has 2 aromatic heterocycles. The standard InChI is InChI=1S/C20H21ClN4OS/c21-17-7-3-5-15(11-17)13-27-14-19(26)24-9-4-6-16(12-24)20-23-22-18-8-1-2-10-25(18)20/h1-3,5,7-8,10-11,16H,4,6,9,12-14H2/t16-/m0/s1. The molecule has 0 spiro atoms. The normalized spacial score (nSPS) is 17.4. The number of pyridine rings is 1. The van der Waals surface area contributed by atoms with Crippen LogP contribution in [0, 0.1) is 0 Å². The molecule has 140 valence electrons. The molecule has 0 bridgehead atoms. The van der Waals surface area contributed by atoms with Gasteiger partial charge in [-0.25, -0.2) is 0 Å². The maximum Gasteiger partial charge on any atom is 0.232 e. The molecule has 1 amide bonds. The molecule has 4 rings (SSSR count). The molecule has 3 aromatic rings. The van der Waals surface area contributed by atoms with Gasteiger partial charge in [0.05, 0.1) is 5.75 Å². The lowest BCUT2D eigenvalue weighted by molar-refractivity contribution is -0.129. The molecule has 7 heteroatoms. The van der Waals surface area contributed by atoms with E-state index in [1.807, 2.05) is 58.0 Å². The van der Waals surface area contributed by atoms with Crippen LogP contribution >= 0.6 is 23.4 Å². The third kappa shape index (κ3) is 4.28. The molecule has 1 aliphatic heterocycles. The smallest absolute Gasteiger partial charge is 0.232 e. The van der Waals surface area contributed by atoms with Crippen molar-refractivity contribution in [1.82, 2.24) is 19.5 Å². The predicted molar refractivity (Wildman–Crippen MR) is 109 cm³/mol. The summed E-state index contributed by atoms with van der Waals surface area (Å²) in [5.74, 6) is 2.66. The SMILES string of the molecule is O=C(CSCc1cccc(Cl)c1)N1CCC[C@H](c2nnc3ccccn23)C1. The summed E-state index contributed by atoms with van der Waals surface area (Å²) in [7, 11) is 0. The lowest BCUT2D eigenvalue weighted by Gasteiger charge is -2.32. The topological polar surface area (TPSA) is 50.5 Å². The molecule has 0 saturated carbocycles. The van der Waals surface area contributed by atoms with Crippen molar-refractivity contribution >= 4 is 34.9 Å². The average molecular weight is 401 g/mol. The van der Waals surface area contributed by atoms with Gasteiger partial charge in [0.2, 0.25) is 5.91 Å². The van der Waals surface area contributed by atoms with E-state index >= 15 is 0 Å². The van der Waals surface area contributed by atoms with E-state index in [-0.39, 0.29) is 11.8 Å². The fourth-order valence-electron chi connectivity index (χ4n) is 3.53. The summed E-state index contributed by atoms with van der Waals surface area (Å²) < 4.78 is 2.03. The number of nitrogens with zero attached hydrogens (tertiary/aromatic N) is 4. The number of aromatic nitrogens is 3. The van der Waals surface area contributed by atoms with Gasteiger partial charge in [-0.1, -0.05) is 29.8 Å². The molecule has 0 aliphatic carbocycles. The summed E-state index contributed by atoms with van der Waals surface area (Å²) in [6.45, 7) is 1.54. The second-order valence-electron chi connectivity index (χ2n) is 6.79. The zero-order valence-electron chi connectivity index (χ0n) is 14.9. The van der Waals surface area contributed by atoms with E-state index in [0.29, 0.717) is 12.3 Å². The number of halogens is 1. The monoisotopic (exact) mass is 400 g/mol. The van der Waals surface area contributed by atoms with E-state index in [4.69, 9.17) is 11.6 Å². The Morgan fingerprint density at radius 3 is 3.04 bits per heavy atom. The first kappa shape index (κ1) is 18.3. The van der Waals surface area contributed by atoms with Crippen molar-refractivity contribution in [2.75, 3.05) is 18.8 Å². The quantitative estimate of drug-likeness (QED) is 0.649. The Balaban J connectivity index is 1.35. The minimum Gasteiger partial charge on any atom is -0.341 e. The van der Waals surface area contributed by atoms with E-state index in [1.54, 1.807) is 11.8 Å². The van der Waals surface area contributed by atoms with Crippen molar-refractivity contribution in [3.8, 4) is 0 Å². The van der Waals surface area contributed by atoms with E-state index < -0.39 is 0 Å². The zero-order valence-corrected chi connectivity index (χ0v) is 16.5. The molecule has 5 nitrogen and oxygen atoms in total. The van der Waals surface area contributed by atoms with Crippen LogP contribution in [0.3, 0.4) is 0 Å². The first-order valence-corrected chi connectivity index (χ1v) is 10.6. The van der Waals surface area contributed by atoms with Crippen molar-refractivity contribution in [1.29, 1.82) is 0 Å². The molecule has 1 aromatic carbocycles. The van der Waals surface area contributed by atoms with E-state index in [1.165, 1.54) is 0 Å². The number of thioether (sulfide) groups is 1. The number of fused-ring (bicyclic) bond motifs is 1. The fourth-order valence-corrected chi connectivity index (χ4v) is 4.61. The maximum atomic E-state index is 12.7. The van der Waals surface area contributed by atoms with Crippen molar-refractivity contribution < 1.29 is 4.79 Å². The molecule has 27 heavy (non-hydrogen) atoms. The highest BCUT2D eigenvalue weighted by atomic mass is 35.5. The van der Waals surface area contributed by atoms with Crippen molar-refractivity contribution in [2.45, 2.75) is 24.5 Å². The molecule has 1 saturated heterocycles. The van der Waals surface area contributed by atoms with Crippen LogP contribution in [-0.2, 0) is 10.5 Å². The summed E-state index contributed by atoms with van der Waals surface area (Å²) in [5.41, 5.74) is 2.00. The van der Waals surface area contributed by atoms with E-state index in [9.17, 15) is 4.79 Å². The molecule has 1 aliphatic rings. The summed E-state index contributed by atoms with van der Waals surface area (Å²) >= 11 is 7.65. The van der Waals surface area contributed by atoms with Crippen molar-refractivity contribution in [3.05, 3.63) is 65.1 Å². The van der Waals surface area contributed by atoms with Crippen LogP contribution in [0.25, 0.3) is 5.65 Å². The van der Waals surface area contributed by atoms with Crippen molar-refractivity contribution in [3.63, 3.8) is 0 Å². The fraction of sp³-hybridized carbons (Fsp3) is 0.350. The average Bonchev–Trinajstić information content (AvgIpc) is 3.12. The number of hydrogen-bond donors (Lipinski definition) is 0. The predicted octanol–water partition coefficient (Wildman–Crippen LogP) is 4.02. The molecular weight excluding hydrogens is 380 g/mol. The Kier molecular flexibility index (Phi) is 5.64. The Morgan fingerprint density at radius 2 is 2.15 bits per heavy atom. The van der Waals surface area contributed by atoms with Gasteiger partial charge in [0, 0.05) is 36.0 Å². The lowest BCUT2D eigenvalue weighted by Crippen LogP contribution is -2.40. The Morgan fingerprint density at radius 1 is 1.22 bits per heavy atom. The Bertz CT molecular complexity index is 944. The molecule has 0 N–H and O–H groups in total. The number of likely N-dealkylation sites (tertiary alicyclic amines) is 1. The van der Waals surface area contributed by atoms with Gasteiger partial charge in [-0.2, -0.15) is 0 Å². The van der Waals surface area contributed by atoms with E-state index in [2.05, 4.69) is 10.2 Å². The van der Waals surface area contributed by atoms with Gasteiger partial charge in [0.1, 0.15) is 5.82 Å². The van der Waals surface area contributed by atoms with Gasteiger partial charge in [0.15, 0.2) is 5.65 Å². The first-order chi connectivity index (χ1) is 13.2. The van der Waals surface area contributed by atoms with Gasteiger partial charge in [-0.3, -0.25) is 9.20 Å². The third-order valence-corrected chi connectivity index (χ3v) is 6.09. The number of piperidine rings is 1. The summed E-state index contributed by atoms with van der Waals surface area (Å²) in [4.78, 5) is 14.6. The zero-order chi connectivity index (χ0) is 18.6. The molecule has 0 unspecified atom stereocenters. The van der Waals surface area contributed by atoms with E-state index in [0.717, 1.165) is 47.2 Å². The number of amides is 1. The van der Waals surface area contributed by atoms with Crippen LogP contribution in [0.5, 0.6) is 0 Å². The van der Waals surface area contributed by atoms with Gasteiger partial charge in [-0.05, 0) is 42.7 Å². The number of hydrogen-bond acceptors (Lipinski definition) is 4. The Labute approximate surface area is 167 Å². The van der Waals surface area contributed by atoms with Crippen LogP contribution in [-0.4, -0.2) is 44.2 Å². The third-order valence-electron chi connectivity index (χ3n) is 4.86. The summed E-state index contributed by atoms with van der Waals surface area (Å²) in [5, 5.41) is 9.36. The molecular formula is C20H21ClN4OS. The van der Waals surface area contributed by atoms with Crippen LogP contribution < -0.4 is 0 Å².